The normalized spacial score (nSPS) is 10.1. The highest BCUT2D eigenvalue weighted by Crippen LogP contribution is 2.16. The second kappa shape index (κ2) is 4.31. The third-order valence-electron chi connectivity index (χ3n) is 1.71. The maximum atomic E-state index is 10.8. The fourth-order valence-electron chi connectivity index (χ4n) is 1.04. The van der Waals surface area contributed by atoms with Gasteiger partial charge in [-0.2, -0.15) is 0 Å². The van der Waals surface area contributed by atoms with Crippen molar-refractivity contribution in [3.63, 3.8) is 0 Å². The van der Waals surface area contributed by atoms with Gasteiger partial charge in [-0.25, -0.2) is 24.7 Å². The van der Waals surface area contributed by atoms with Crippen LogP contribution < -0.4 is 0 Å². The van der Waals surface area contributed by atoms with Crippen LogP contribution in [0.15, 0.2) is 29.1 Å². The second-order valence-corrected chi connectivity index (χ2v) is 3.62. The number of hydrogen-bond donors (Lipinski definition) is 1. The molecule has 0 bridgehead atoms. The van der Waals surface area contributed by atoms with E-state index in [1.54, 1.807) is 6.07 Å². The number of aromatic carboxylic acids is 1. The molecule has 1 N–H and O–H groups in total. The van der Waals surface area contributed by atoms with Gasteiger partial charge in [0.2, 0.25) is 0 Å². The van der Waals surface area contributed by atoms with Gasteiger partial charge in [-0.3, -0.25) is 0 Å². The van der Waals surface area contributed by atoms with Gasteiger partial charge in [-0.1, -0.05) is 0 Å². The molecule has 0 aromatic carbocycles. The molecular weight excluding hydrogens is 276 g/mol. The summed E-state index contributed by atoms with van der Waals surface area (Å²) in [7, 11) is 0. The van der Waals surface area contributed by atoms with E-state index < -0.39 is 5.97 Å². The van der Waals surface area contributed by atoms with Gasteiger partial charge in [0.15, 0.2) is 17.3 Å². The molecule has 6 nitrogen and oxygen atoms in total. The third kappa shape index (κ3) is 2.03. The summed E-state index contributed by atoms with van der Waals surface area (Å²) in [5.74, 6) is -0.662. The van der Waals surface area contributed by atoms with Gasteiger partial charge in [0.25, 0.3) is 0 Å². The molecule has 0 aliphatic carbocycles. The van der Waals surface area contributed by atoms with Crippen molar-refractivity contribution < 1.29 is 9.90 Å². The van der Waals surface area contributed by atoms with E-state index in [1.165, 1.54) is 18.6 Å². The second-order valence-electron chi connectivity index (χ2n) is 2.77. The molecule has 0 amide bonds. The van der Waals surface area contributed by atoms with Crippen LogP contribution in [0.25, 0.3) is 11.6 Å². The van der Waals surface area contributed by atoms with E-state index >= 15 is 0 Å². The minimum absolute atomic E-state index is 0.113. The van der Waals surface area contributed by atoms with Crippen LogP contribution in [0.4, 0.5) is 0 Å². The lowest BCUT2D eigenvalue weighted by Gasteiger charge is -2.00. The molecule has 0 unspecified atom stereocenters. The number of nitrogens with zero attached hydrogens (tertiary/aromatic N) is 4. The van der Waals surface area contributed by atoms with Crippen LogP contribution >= 0.6 is 15.9 Å². The molecular formula is C9H5BrN4O2. The average Bonchev–Trinajstić information content (AvgIpc) is 2.30. The maximum absolute atomic E-state index is 10.8. The lowest BCUT2D eigenvalue weighted by molar-refractivity contribution is 0.0689. The van der Waals surface area contributed by atoms with Gasteiger partial charge in [0.1, 0.15) is 0 Å². The summed E-state index contributed by atoms with van der Waals surface area (Å²) in [4.78, 5) is 26.5. The highest BCUT2D eigenvalue weighted by atomic mass is 79.9. The molecule has 16 heavy (non-hydrogen) atoms. The largest absolute Gasteiger partial charge is 0.476 e. The minimum Gasteiger partial charge on any atom is -0.476 e. The molecule has 0 fully saturated rings. The molecule has 0 saturated heterocycles. The summed E-state index contributed by atoms with van der Waals surface area (Å²) in [5.41, 5.74) is -0.113. The van der Waals surface area contributed by atoms with Crippen LogP contribution in [-0.2, 0) is 0 Å². The van der Waals surface area contributed by atoms with Crippen molar-refractivity contribution in [3.8, 4) is 11.6 Å². The molecule has 2 aromatic heterocycles. The fraction of sp³-hybridized carbons (Fsp3) is 0. The Morgan fingerprint density at radius 2 is 1.88 bits per heavy atom. The lowest BCUT2D eigenvalue weighted by Crippen LogP contribution is -2.05. The number of carboxylic acids is 1. The summed E-state index contributed by atoms with van der Waals surface area (Å²) in [6.07, 6.45) is 4.44. The van der Waals surface area contributed by atoms with Crippen molar-refractivity contribution in [1.29, 1.82) is 0 Å². The molecule has 0 aliphatic rings. The van der Waals surface area contributed by atoms with Crippen molar-refractivity contribution >= 4 is 21.9 Å². The molecule has 2 aromatic rings. The third-order valence-corrected chi connectivity index (χ3v) is 2.29. The lowest BCUT2D eigenvalue weighted by atomic mass is 10.4. The zero-order valence-corrected chi connectivity index (χ0v) is 9.42. The van der Waals surface area contributed by atoms with E-state index in [4.69, 9.17) is 5.11 Å². The summed E-state index contributed by atoms with van der Waals surface area (Å²) in [6, 6.07) is 1.65. The van der Waals surface area contributed by atoms with E-state index in [2.05, 4.69) is 35.9 Å². The first-order valence-electron chi connectivity index (χ1n) is 4.21. The van der Waals surface area contributed by atoms with Crippen molar-refractivity contribution in [3.05, 3.63) is 34.8 Å². The van der Waals surface area contributed by atoms with Crippen molar-refractivity contribution in [2.75, 3.05) is 0 Å². The Balaban J connectivity index is 2.52. The highest BCUT2D eigenvalue weighted by Gasteiger charge is 2.13. The summed E-state index contributed by atoms with van der Waals surface area (Å²) < 4.78 is 0.319. The van der Waals surface area contributed by atoms with Gasteiger partial charge in [0.05, 0.1) is 4.47 Å². The maximum Gasteiger partial charge on any atom is 0.355 e. The Morgan fingerprint density at radius 3 is 2.50 bits per heavy atom. The van der Waals surface area contributed by atoms with Crippen LogP contribution in [-0.4, -0.2) is 31.0 Å². The fourth-order valence-corrected chi connectivity index (χ4v) is 1.40. The monoisotopic (exact) mass is 280 g/mol. The van der Waals surface area contributed by atoms with E-state index in [9.17, 15) is 4.79 Å². The van der Waals surface area contributed by atoms with E-state index in [0.717, 1.165) is 0 Å². The zero-order chi connectivity index (χ0) is 11.5. The number of halogens is 1. The number of aromatic nitrogens is 4. The number of hydrogen-bond acceptors (Lipinski definition) is 5. The van der Waals surface area contributed by atoms with Crippen LogP contribution in [0.5, 0.6) is 0 Å². The number of carbonyl (C=O) groups is 1. The highest BCUT2D eigenvalue weighted by molar-refractivity contribution is 9.10. The molecule has 80 valence electrons. The van der Waals surface area contributed by atoms with Gasteiger partial charge in [-0.15, -0.1) is 0 Å². The Kier molecular flexibility index (Phi) is 2.86. The molecule has 0 saturated carbocycles. The SMILES string of the molecule is O=C(O)c1nc(-c2ncccn2)ncc1Br. The predicted octanol–water partition coefficient (Wildman–Crippen LogP) is 1.39. The average molecular weight is 281 g/mol. The predicted molar refractivity (Wildman–Crippen MR) is 57.7 cm³/mol. The Hall–Kier alpha value is -1.89. The molecule has 2 heterocycles. The van der Waals surface area contributed by atoms with Crippen LogP contribution in [0.2, 0.25) is 0 Å². The summed E-state index contributed by atoms with van der Waals surface area (Å²) >= 11 is 3.06. The molecule has 0 radical (unpaired) electrons. The Labute approximate surface area is 98.6 Å². The van der Waals surface area contributed by atoms with Crippen molar-refractivity contribution in [2.24, 2.45) is 0 Å². The van der Waals surface area contributed by atoms with Crippen LogP contribution in [0.3, 0.4) is 0 Å². The molecule has 0 atom stereocenters. The standard InChI is InChI=1S/C9H5BrN4O2/c10-5-4-13-8(14-6(5)9(15)16)7-11-2-1-3-12-7/h1-4H,(H,15,16). The summed E-state index contributed by atoms with van der Waals surface area (Å²) in [6.45, 7) is 0. The first-order valence-corrected chi connectivity index (χ1v) is 5.01. The minimum atomic E-state index is -1.13. The van der Waals surface area contributed by atoms with E-state index in [0.29, 0.717) is 4.47 Å². The zero-order valence-electron chi connectivity index (χ0n) is 7.83. The van der Waals surface area contributed by atoms with Gasteiger partial charge in [-0.05, 0) is 22.0 Å². The molecule has 0 spiro atoms. The molecule has 2 rings (SSSR count). The van der Waals surface area contributed by atoms with Crippen molar-refractivity contribution in [2.45, 2.75) is 0 Å². The summed E-state index contributed by atoms with van der Waals surface area (Å²) in [5, 5.41) is 8.88. The van der Waals surface area contributed by atoms with E-state index in [1.807, 2.05) is 0 Å². The smallest absolute Gasteiger partial charge is 0.355 e. The number of carboxylic acid groups (broad SMARTS) is 1. The topological polar surface area (TPSA) is 88.9 Å². The first kappa shape index (κ1) is 10.6. The quantitative estimate of drug-likeness (QED) is 0.894. The Bertz CT molecular complexity index is 532. The number of rotatable bonds is 2. The van der Waals surface area contributed by atoms with Crippen molar-refractivity contribution in [1.82, 2.24) is 19.9 Å². The first-order chi connectivity index (χ1) is 7.68. The molecule has 7 heteroatoms. The van der Waals surface area contributed by atoms with Gasteiger partial charge < -0.3 is 5.11 Å². The Morgan fingerprint density at radius 1 is 1.19 bits per heavy atom. The van der Waals surface area contributed by atoms with E-state index in [-0.39, 0.29) is 17.3 Å². The van der Waals surface area contributed by atoms with Crippen LogP contribution in [0.1, 0.15) is 10.5 Å². The van der Waals surface area contributed by atoms with Gasteiger partial charge >= 0.3 is 5.97 Å². The molecule has 0 aliphatic heterocycles. The van der Waals surface area contributed by atoms with Crippen LogP contribution in [0, 0.1) is 0 Å². The van der Waals surface area contributed by atoms with Gasteiger partial charge in [0, 0.05) is 18.6 Å².